The van der Waals surface area contributed by atoms with Crippen LogP contribution < -0.4 is 10.2 Å². The maximum absolute atomic E-state index is 13.5. The lowest BCUT2D eigenvalue weighted by Gasteiger charge is -2.35. The summed E-state index contributed by atoms with van der Waals surface area (Å²) in [6.45, 7) is 3.68. The molecule has 0 aromatic heterocycles. The van der Waals surface area contributed by atoms with E-state index < -0.39 is 0 Å². The first kappa shape index (κ1) is 19.8. The van der Waals surface area contributed by atoms with E-state index in [-0.39, 0.29) is 24.0 Å². The van der Waals surface area contributed by atoms with Crippen molar-refractivity contribution < 1.29 is 14.5 Å². The monoisotopic (exact) mass is 417 g/mol. The fourth-order valence-electron chi connectivity index (χ4n) is 5.16. The van der Waals surface area contributed by atoms with Gasteiger partial charge in [0.05, 0.1) is 36.9 Å². The molecule has 5 rings (SSSR count). The highest BCUT2D eigenvalue weighted by Crippen LogP contribution is 2.37. The van der Waals surface area contributed by atoms with Crippen LogP contribution in [0.2, 0.25) is 0 Å². The predicted octanol–water partition coefficient (Wildman–Crippen LogP) is 1.73. The van der Waals surface area contributed by atoms with E-state index in [2.05, 4.69) is 35.6 Å². The number of quaternary nitrogens is 1. The second kappa shape index (κ2) is 8.19. The fraction of sp³-hybridized carbons (Fsp3) is 0.360. The van der Waals surface area contributed by atoms with Gasteiger partial charge in [-0.05, 0) is 5.56 Å². The maximum Gasteiger partial charge on any atom is 0.322 e. The minimum atomic E-state index is -0.374. The third-order valence-electron chi connectivity index (χ3n) is 6.92. The van der Waals surface area contributed by atoms with Gasteiger partial charge in [0.1, 0.15) is 6.54 Å². The first-order valence-corrected chi connectivity index (χ1v) is 11.1. The molecule has 6 nitrogen and oxygen atoms in total. The summed E-state index contributed by atoms with van der Waals surface area (Å²) in [4.78, 5) is 31.3. The minimum absolute atomic E-state index is 0.0761. The van der Waals surface area contributed by atoms with Crippen molar-refractivity contribution in [3.05, 3.63) is 83.1 Å². The minimum Gasteiger partial charge on any atom is -0.331 e. The number of rotatable bonds is 4. The second-order valence-corrected chi connectivity index (χ2v) is 8.79. The van der Waals surface area contributed by atoms with Crippen molar-refractivity contribution in [2.75, 3.05) is 26.7 Å². The molecule has 0 bridgehead atoms. The Bertz CT molecular complexity index is 997. The highest BCUT2D eigenvalue weighted by atomic mass is 16.2. The first-order chi connectivity index (χ1) is 15.1. The van der Waals surface area contributed by atoms with Crippen LogP contribution in [0.4, 0.5) is 4.79 Å². The third-order valence-corrected chi connectivity index (χ3v) is 6.92. The number of urea groups is 1. The summed E-state index contributed by atoms with van der Waals surface area (Å²) in [5.74, 6) is 0.0761. The molecule has 3 amide bonds. The molecule has 3 aliphatic rings. The van der Waals surface area contributed by atoms with E-state index in [4.69, 9.17) is 0 Å². The van der Waals surface area contributed by atoms with Crippen LogP contribution in [0.1, 0.15) is 30.0 Å². The number of benzene rings is 2. The molecule has 0 unspecified atom stereocenters. The van der Waals surface area contributed by atoms with Crippen molar-refractivity contribution >= 4 is 11.9 Å². The van der Waals surface area contributed by atoms with Gasteiger partial charge in [-0.2, -0.15) is 0 Å². The number of likely N-dealkylation sites (N-methyl/N-ethyl adjacent to an activating group) is 1. The van der Waals surface area contributed by atoms with Crippen molar-refractivity contribution in [2.45, 2.75) is 31.5 Å². The first-order valence-electron chi connectivity index (χ1n) is 11.1. The molecule has 0 saturated carbocycles. The van der Waals surface area contributed by atoms with Gasteiger partial charge in [0, 0.05) is 31.5 Å². The second-order valence-electron chi connectivity index (χ2n) is 8.79. The third kappa shape index (κ3) is 3.72. The van der Waals surface area contributed by atoms with Crippen LogP contribution in [-0.4, -0.2) is 54.5 Å². The molecular weight excluding hydrogens is 388 g/mol. The lowest BCUT2D eigenvalue weighted by Crippen LogP contribution is -3.12. The molecule has 2 N–H and O–H groups in total. The van der Waals surface area contributed by atoms with Gasteiger partial charge in [-0.1, -0.05) is 60.7 Å². The summed E-state index contributed by atoms with van der Waals surface area (Å²) in [5.41, 5.74) is 3.89. The maximum atomic E-state index is 13.5. The van der Waals surface area contributed by atoms with Gasteiger partial charge >= 0.3 is 6.03 Å². The van der Waals surface area contributed by atoms with Crippen molar-refractivity contribution in [2.24, 2.45) is 0 Å². The van der Waals surface area contributed by atoms with Gasteiger partial charge < -0.3 is 15.1 Å². The lowest BCUT2D eigenvalue weighted by atomic mass is 9.95. The van der Waals surface area contributed by atoms with E-state index >= 15 is 0 Å². The average Bonchev–Trinajstić information content (AvgIpc) is 3.15. The molecule has 0 spiro atoms. The van der Waals surface area contributed by atoms with E-state index in [0.29, 0.717) is 6.54 Å². The van der Waals surface area contributed by atoms with E-state index in [0.717, 1.165) is 49.3 Å². The number of nitrogens with zero attached hydrogens (tertiary/aromatic N) is 2. The Morgan fingerprint density at radius 1 is 0.968 bits per heavy atom. The molecule has 160 valence electrons. The van der Waals surface area contributed by atoms with Crippen molar-refractivity contribution in [3.63, 3.8) is 0 Å². The number of likely N-dealkylation sites (tertiary alicyclic amines) is 1. The van der Waals surface area contributed by atoms with Gasteiger partial charge in [-0.3, -0.25) is 9.69 Å². The molecule has 6 heteroatoms. The molecule has 3 heterocycles. The standard InChI is InChI=1S/C25H28N4O2/c1-27-21-17-29(20-12-14-28(15-13-20)16-18-8-4-2-5-9-18)24(30)22(21)23(26-25(27)31)19-10-6-3-7-11-19/h2-11,20,23H,12-17H2,1H3,(H,26,31)/p+1/t23-/m0/s1. The molecule has 31 heavy (non-hydrogen) atoms. The highest BCUT2D eigenvalue weighted by molar-refractivity contribution is 6.01. The van der Waals surface area contributed by atoms with Crippen molar-refractivity contribution in [1.82, 2.24) is 15.1 Å². The highest BCUT2D eigenvalue weighted by Gasteiger charge is 2.45. The number of hydrogen-bond acceptors (Lipinski definition) is 2. The van der Waals surface area contributed by atoms with Crippen LogP contribution in [0.5, 0.6) is 0 Å². The topological polar surface area (TPSA) is 57.1 Å². The molecule has 2 aromatic carbocycles. The summed E-state index contributed by atoms with van der Waals surface area (Å²) in [6, 6.07) is 20.1. The fourth-order valence-corrected chi connectivity index (χ4v) is 5.16. The van der Waals surface area contributed by atoms with Crippen LogP contribution in [0.3, 0.4) is 0 Å². The molecule has 1 atom stereocenters. The van der Waals surface area contributed by atoms with Gasteiger partial charge in [0.2, 0.25) is 0 Å². The number of carbonyl (C=O) groups excluding carboxylic acids is 2. The SMILES string of the molecule is CN1C(=O)N[C@@H](c2ccccc2)C2=C1CN(C1CC[NH+](Cc3ccccc3)CC1)C2=O. The van der Waals surface area contributed by atoms with Crippen molar-refractivity contribution in [1.29, 1.82) is 0 Å². The molecule has 0 aliphatic carbocycles. The Morgan fingerprint density at radius 2 is 1.61 bits per heavy atom. The van der Waals surface area contributed by atoms with E-state index in [1.165, 1.54) is 5.56 Å². The van der Waals surface area contributed by atoms with Crippen molar-refractivity contribution in [3.8, 4) is 0 Å². The Balaban J connectivity index is 1.30. The molecule has 0 radical (unpaired) electrons. The van der Waals surface area contributed by atoms with Gasteiger partial charge in [0.25, 0.3) is 5.91 Å². The molecule has 1 fully saturated rings. The molecule has 1 saturated heterocycles. The number of hydrogen-bond donors (Lipinski definition) is 2. The van der Waals surface area contributed by atoms with Crippen LogP contribution in [0.25, 0.3) is 0 Å². The smallest absolute Gasteiger partial charge is 0.322 e. The quantitative estimate of drug-likeness (QED) is 0.796. The van der Waals surface area contributed by atoms with Crippen LogP contribution in [0.15, 0.2) is 71.9 Å². The summed E-state index contributed by atoms with van der Waals surface area (Å²) in [5, 5.41) is 3.02. The van der Waals surface area contributed by atoms with Gasteiger partial charge in [-0.25, -0.2) is 4.79 Å². The predicted molar refractivity (Wildman–Crippen MR) is 118 cm³/mol. The normalized spacial score (nSPS) is 26.2. The number of amides is 3. The zero-order valence-electron chi connectivity index (χ0n) is 17.9. The van der Waals surface area contributed by atoms with E-state index in [1.807, 2.05) is 35.2 Å². The van der Waals surface area contributed by atoms with Crippen LogP contribution in [0, 0.1) is 0 Å². The van der Waals surface area contributed by atoms with Gasteiger partial charge in [0.15, 0.2) is 0 Å². The number of piperidine rings is 1. The van der Waals surface area contributed by atoms with Crippen LogP contribution in [-0.2, 0) is 11.3 Å². The lowest BCUT2D eigenvalue weighted by molar-refractivity contribution is -0.919. The van der Waals surface area contributed by atoms with E-state index in [9.17, 15) is 9.59 Å². The summed E-state index contributed by atoms with van der Waals surface area (Å²) in [7, 11) is 1.76. The van der Waals surface area contributed by atoms with E-state index in [1.54, 1.807) is 16.8 Å². The number of nitrogens with one attached hydrogen (secondary N) is 2. The summed E-state index contributed by atoms with van der Waals surface area (Å²) >= 11 is 0. The average molecular weight is 418 g/mol. The number of carbonyl (C=O) groups is 2. The van der Waals surface area contributed by atoms with Gasteiger partial charge in [-0.15, -0.1) is 0 Å². The largest absolute Gasteiger partial charge is 0.331 e. The zero-order chi connectivity index (χ0) is 21.4. The Hall–Kier alpha value is -3.12. The summed E-state index contributed by atoms with van der Waals surface area (Å²) < 4.78 is 0. The van der Waals surface area contributed by atoms with Crippen LogP contribution >= 0.6 is 0 Å². The molecular formula is C25H29N4O2+. The zero-order valence-corrected chi connectivity index (χ0v) is 17.9. The molecule has 2 aromatic rings. The summed E-state index contributed by atoms with van der Waals surface area (Å²) in [6.07, 6.45) is 1.99. The molecule has 3 aliphatic heterocycles. The Kier molecular flexibility index (Phi) is 5.24. The Morgan fingerprint density at radius 3 is 2.29 bits per heavy atom. The Labute approximate surface area is 183 Å².